The molecule has 15 heavy (non-hydrogen) atoms. The highest BCUT2D eigenvalue weighted by atomic mass is 79.9. The zero-order valence-electron chi connectivity index (χ0n) is 9.09. The van der Waals surface area contributed by atoms with Gasteiger partial charge in [-0.15, -0.1) is 0 Å². The van der Waals surface area contributed by atoms with Crippen molar-refractivity contribution in [2.45, 2.75) is 26.0 Å². The molecule has 1 aromatic carbocycles. The summed E-state index contributed by atoms with van der Waals surface area (Å²) in [6, 6.07) is 4.89. The van der Waals surface area contributed by atoms with Gasteiger partial charge < -0.3 is 0 Å². The van der Waals surface area contributed by atoms with Crippen LogP contribution in [-0.4, -0.2) is 5.75 Å². The Kier molecular flexibility index (Phi) is 5.69. The molecule has 0 atom stereocenters. The molecule has 0 spiro atoms. The molecule has 0 aliphatic rings. The van der Waals surface area contributed by atoms with Gasteiger partial charge in [0.2, 0.25) is 0 Å². The minimum Gasteiger partial charge on any atom is -0.207 e. The lowest BCUT2D eigenvalue weighted by Gasteiger charge is -2.06. The molecule has 0 aliphatic heterocycles. The average molecular weight is 291 g/mol. The van der Waals surface area contributed by atoms with Crippen LogP contribution in [0, 0.1) is 11.7 Å². The summed E-state index contributed by atoms with van der Waals surface area (Å²) < 4.78 is 13.7. The van der Waals surface area contributed by atoms with Gasteiger partial charge in [0, 0.05) is 10.2 Å². The van der Waals surface area contributed by atoms with E-state index in [9.17, 15) is 4.39 Å². The maximum atomic E-state index is 12.8. The van der Waals surface area contributed by atoms with Crippen molar-refractivity contribution in [3.8, 4) is 0 Å². The van der Waals surface area contributed by atoms with Crippen LogP contribution in [-0.2, 0) is 5.75 Å². The van der Waals surface area contributed by atoms with Gasteiger partial charge in [-0.3, -0.25) is 0 Å². The molecule has 1 rings (SSSR count). The number of benzene rings is 1. The third-order valence-electron chi connectivity index (χ3n) is 2.11. The minimum absolute atomic E-state index is 0.183. The Morgan fingerprint density at radius 3 is 2.73 bits per heavy atom. The van der Waals surface area contributed by atoms with Crippen LogP contribution >= 0.6 is 27.7 Å². The standard InChI is InChI=1S/C12H16BrFS/c1-9(2)5-6-15-8-10-3-4-11(14)7-12(10)13/h3-4,7,9H,5-6,8H2,1-2H3. The summed E-state index contributed by atoms with van der Waals surface area (Å²) in [4.78, 5) is 0. The summed E-state index contributed by atoms with van der Waals surface area (Å²) in [5.41, 5.74) is 1.17. The Balaban J connectivity index is 2.37. The number of thioether (sulfide) groups is 1. The number of hydrogen-bond acceptors (Lipinski definition) is 1. The van der Waals surface area contributed by atoms with Gasteiger partial charge in [-0.1, -0.05) is 35.8 Å². The molecular weight excluding hydrogens is 275 g/mol. The number of halogens is 2. The van der Waals surface area contributed by atoms with Crippen LogP contribution in [0.1, 0.15) is 25.8 Å². The summed E-state index contributed by atoms with van der Waals surface area (Å²) in [7, 11) is 0. The largest absolute Gasteiger partial charge is 0.207 e. The smallest absolute Gasteiger partial charge is 0.124 e. The van der Waals surface area contributed by atoms with Crippen molar-refractivity contribution in [1.29, 1.82) is 0 Å². The SMILES string of the molecule is CC(C)CCSCc1ccc(F)cc1Br. The van der Waals surface area contributed by atoms with Gasteiger partial charge in [0.15, 0.2) is 0 Å². The van der Waals surface area contributed by atoms with Crippen molar-refractivity contribution in [1.82, 2.24) is 0 Å². The van der Waals surface area contributed by atoms with E-state index in [-0.39, 0.29) is 5.82 Å². The van der Waals surface area contributed by atoms with E-state index in [2.05, 4.69) is 29.8 Å². The maximum absolute atomic E-state index is 12.8. The first-order valence-electron chi connectivity index (χ1n) is 5.11. The second-order valence-corrected chi connectivity index (χ2v) is 5.93. The minimum atomic E-state index is -0.183. The highest BCUT2D eigenvalue weighted by Gasteiger charge is 2.02. The van der Waals surface area contributed by atoms with E-state index in [0.717, 1.165) is 16.1 Å². The molecule has 0 fully saturated rings. The molecule has 3 heteroatoms. The van der Waals surface area contributed by atoms with E-state index in [1.165, 1.54) is 29.9 Å². The predicted molar refractivity (Wildman–Crippen MR) is 69.7 cm³/mol. The topological polar surface area (TPSA) is 0 Å². The molecule has 0 bridgehead atoms. The van der Waals surface area contributed by atoms with Gasteiger partial charge >= 0.3 is 0 Å². The first-order valence-corrected chi connectivity index (χ1v) is 7.06. The Morgan fingerprint density at radius 2 is 2.13 bits per heavy atom. The Morgan fingerprint density at radius 1 is 1.40 bits per heavy atom. The van der Waals surface area contributed by atoms with Crippen molar-refractivity contribution in [3.05, 3.63) is 34.1 Å². The lowest BCUT2D eigenvalue weighted by molar-refractivity contribution is 0.626. The summed E-state index contributed by atoms with van der Waals surface area (Å²) in [6.07, 6.45) is 1.24. The summed E-state index contributed by atoms with van der Waals surface area (Å²) in [6.45, 7) is 4.46. The van der Waals surface area contributed by atoms with Crippen LogP contribution in [0.3, 0.4) is 0 Å². The van der Waals surface area contributed by atoms with Crippen molar-refractivity contribution < 1.29 is 4.39 Å². The van der Waals surface area contributed by atoms with E-state index in [1.54, 1.807) is 0 Å². The summed E-state index contributed by atoms with van der Waals surface area (Å²) in [5, 5.41) is 0. The summed E-state index contributed by atoms with van der Waals surface area (Å²) in [5.74, 6) is 2.70. The van der Waals surface area contributed by atoms with Crippen molar-refractivity contribution in [2.75, 3.05) is 5.75 Å². The third-order valence-corrected chi connectivity index (χ3v) is 3.89. The molecule has 0 saturated carbocycles. The molecule has 0 nitrogen and oxygen atoms in total. The first-order chi connectivity index (χ1) is 7.09. The number of hydrogen-bond donors (Lipinski definition) is 0. The van der Waals surface area contributed by atoms with Gasteiger partial charge in [0.05, 0.1) is 0 Å². The van der Waals surface area contributed by atoms with Crippen molar-refractivity contribution in [2.24, 2.45) is 5.92 Å². The van der Waals surface area contributed by atoms with Crippen LogP contribution < -0.4 is 0 Å². The molecule has 0 saturated heterocycles. The summed E-state index contributed by atoms with van der Waals surface area (Å²) >= 11 is 5.28. The van der Waals surface area contributed by atoms with E-state index in [0.29, 0.717) is 0 Å². The Labute approximate surface area is 104 Å². The van der Waals surface area contributed by atoms with E-state index < -0.39 is 0 Å². The lowest BCUT2D eigenvalue weighted by atomic mass is 10.2. The molecule has 0 N–H and O–H groups in total. The molecule has 0 heterocycles. The van der Waals surface area contributed by atoms with E-state index in [4.69, 9.17) is 0 Å². The van der Waals surface area contributed by atoms with Crippen LogP contribution in [0.5, 0.6) is 0 Å². The van der Waals surface area contributed by atoms with E-state index >= 15 is 0 Å². The fourth-order valence-electron chi connectivity index (χ4n) is 1.14. The predicted octanol–water partition coefficient (Wildman–Crippen LogP) is 4.87. The van der Waals surface area contributed by atoms with Gasteiger partial charge in [-0.25, -0.2) is 4.39 Å². The molecule has 0 amide bonds. The highest BCUT2D eigenvalue weighted by Crippen LogP contribution is 2.23. The highest BCUT2D eigenvalue weighted by molar-refractivity contribution is 9.10. The monoisotopic (exact) mass is 290 g/mol. The molecule has 0 aromatic heterocycles. The van der Waals surface area contributed by atoms with Crippen molar-refractivity contribution in [3.63, 3.8) is 0 Å². The Hall–Kier alpha value is -0.0200. The molecule has 0 unspecified atom stereocenters. The fraction of sp³-hybridized carbons (Fsp3) is 0.500. The van der Waals surface area contributed by atoms with Crippen molar-refractivity contribution >= 4 is 27.7 Å². The van der Waals surface area contributed by atoms with Gasteiger partial charge in [0.1, 0.15) is 5.82 Å². The zero-order valence-corrected chi connectivity index (χ0v) is 11.5. The molecule has 84 valence electrons. The van der Waals surface area contributed by atoms with Gasteiger partial charge in [-0.05, 0) is 35.8 Å². The second-order valence-electron chi connectivity index (χ2n) is 3.97. The quantitative estimate of drug-likeness (QED) is 0.698. The molecule has 0 radical (unpaired) electrons. The average Bonchev–Trinajstić information content (AvgIpc) is 2.14. The van der Waals surface area contributed by atoms with Crippen LogP contribution in [0.15, 0.2) is 22.7 Å². The first kappa shape index (κ1) is 13.0. The second kappa shape index (κ2) is 6.54. The lowest BCUT2D eigenvalue weighted by Crippen LogP contribution is -1.91. The van der Waals surface area contributed by atoms with E-state index in [1.807, 2.05) is 17.8 Å². The molecular formula is C12H16BrFS. The van der Waals surface area contributed by atoms with Gasteiger partial charge in [-0.2, -0.15) is 11.8 Å². The fourth-order valence-corrected chi connectivity index (χ4v) is 3.07. The zero-order chi connectivity index (χ0) is 11.3. The van der Waals surface area contributed by atoms with Crippen LogP contribution in [0.25, 0.3) is 0 Å². The third kappa shape index (κ3) is 5.03. The molecule has 0 aliphatic carbocycles. The van der Waals surface area contributed by atoms with Crippen LogP contribution in [0.4, 0.5) is 4.39 Å². The maximum Gasteiger partial charge on any atom is 0.124 e. The Bertz CT molecular complexity index is 312. The molecule has 1 aromatic rings. The number of rotatable bonds is 5. The van der Waals surface area contributed by atoms with Crippen LogP contribution in [0.2, 0.25) is 0 Å². The van der Waals surface area contributed by atoms with Gasteiger partial charge in [0.25, 0.3) is 0 Å². The normalized spacial score (nSPS) is 11.0.